The molecule has 7 N–H and O–H groups in total. The Morgan fingerprint density at radius 1 is 0.817 bits per heavy atom. The van der Waals surface area contributed by atoms with Gasteiger partial charge in [0, 0.05) is 61.9 Å². The van der Waals surface area contributed by atoms with Crippen LogP contribution in [0.15, 0.2) is 91.3 Å². The number of amides is 4. The van der Waals surface area contributed by atoms with E-state index in [0.29, 0.717) is 60.2 Å². The van der Waals surface area contributed by atoms with Crippen molar-refractivity contribution in [3.8, 4) is 0 Å². The number of imidazole rings is 1. The van der Waals surface area contributed by atoms with Crippen molar-refractivity contribution in [1.82, 2.24) is 40.4 Å². The lowest BCUT2D eigenvalue weighted by molar-refractivity contribution is -0.122. The summed E-state index contributed by atoms with van der Waals surface area (Å²) in [5.74, 6) is 0.587. The van der Waals surface area contributed by atoms with Crippen molar-refractivity contribution in [3.63, 3.8) is 0 Å². The Balaban J connectivity index is 0.999. The molecule has 3 aliphatic rings. The molecule has 0 radical (unpaired) electrons. The van der Waals surface area contributed by atoms with Gasteiger partial charge in [-0.3, -0.25) is 9.59 Å². The molecule has 2 aromatic heterocycles. The van der Waals surface area contributed by atoms with Gasteiger partial charge in [0.2, 0.25) is 11.9 Å². The first-order chi connectivity index (χ1) is 29.1. The number of aliphatic hydroxyl groups excluding tert-OH is 2. The third-order valence-corrected chi connectivity index (χ3v) is 11.9. The van der Waals surface area contributed by atoms with Crippen LogP contribution in [0.4, 0.5) is 22.2 Å². The molecule has 16 heteroatoms. The summed E-state index contributed by atoms with van der Waals surface area (Å²) in [4.78, 5) is 57.2. The zero-order valence-electron chi connectivity index (χ0n) is 33.9. The number of aliphatic hydroxyl groups is 2. The SMILES string of the molecule is CCC(=O)NC1CC(n2cnc3c(NCC(c4ccccc4)c4ccccc4)nc(N4CC[C@@H](NC(=O)Nc5ccc(C(=O)NC6CCN(C)C6)cc5)C4)nc32)[C@H](O)[C@@H]1O. The van der Waals surface area contributed by atoms with Crippen LogP contribution in [0.3, 0.4) is 0 Å². The number of anilines is 3. The predicted molar refractivity (Wildman–Crippen MR) is 229 cm³/mol. The number of rotatable bonds is 13. The van der Waals surface area contributed by atoms with Gasteiger partial charge in [-0.2, -0.15) is 9.97 Å². The van der Waals surface area contributed by atoms with E-state index in [2.05, 4.69) is 55.7 Å². The minimum atomic E-state index is -1.17. The van der Waals surface area contributed by atoms with E-state index in [-0.39, 0.29) is 48.7 Å². The molecule has 1 aliphatic carbocycles. The Morgan fingerprint density at radius 3 is 2.17 bits per heavy atom. The molecule has 3 fully saturated rings. The monoisotopic (exact) mass is 815 g/mol. The van der Waals surface area contributed by atoms with Crippen LogP contribution in [0.1, 0.15) is 66.1 Å². The van der Waals surface area contributed by atoms with Crippen molar-refractivity contribution >= 4 is 46.5 Å². The normalized spacial score (nSPS) is 22.9. The quantitative estimate of drug-likeness (QED) is 0.0918. The van der Waals surface area contributed by atoms with Gasteiger partial charge in [0.15, 0.2) is 17.0 Å². The lowest BCUT2D eigenvalue weighted by Crippen LogP contribution is -2.42. The second-order valence-electron chi connectivity index (χ2n) is 16.1. The number of carbonyl (C=O) groups excluding carboxylic acids is 3. The number of nitrogens with one attached hydrogen (secondary N) is 5. The van der Waals surface area contributed by atoms with Crippen molar-refractivity contribution in [2.24, 2.45) is 0 Å². The number of benzene rings is 3. The molecule has 0 bridgehead atoms. The van der Waals surface area contributed by atoms with Gasteiger partial charge in [-0.15, -0.1) is 0 Å². The van der Waals surface area contributed by atoms with Crippen LogP contribution >= 0.6 is 0 Å². The Morgan fingerprint density at radius 2 is 1.50 bits per heavy atom. The number of likely N-dealkylation sites (N-methyl/N-ethyl adjacent to an activating group) is 1. The average Bonchev–Trinajstić information content (AvgIpc) is 4.07. The summed E-state index contributed by atoms with van der Waals surface area (Å²) in [6.07, 6.45) is 1.37. The van der Waals surface area contributed by atoms with E-state index in [0.717, 1.165) is 30.6 Å². The van der Waals surface area contributed by atoms with Gasteiger partial charge >= 0.3 is 6.03 Å². The number of fused-ring (bicyclic) bond motifs is 1. The number of urea groups is 1. The van der Waals surface area contributed by atoms with Gasteiger partial charge in [0.05, 0.1) is 18.4 Å². The van der Waals surface area contributed by atoms with Crippen LogP contribution in [0.2, 0.25) is 0 Å². The van der Waals surface area contributed by atoms with Crippen molar-refractivity contribution in [1.29, 1.82) is 0 Å². The number of likely N-dealkylation sites (tertiary alicyclic amines) is 1. The van der Waals surface area contributed by atoms with E-state index >= 15 is 0 Å². The third kappa shape index (κ3) is 9.05. The minimum absolute atomic E-state index is 0.0101. The summed E-state index contributed by atoms with van der Waals surface area (Å²) in [7, 11) is 2.04. The highest BCUT2D eigenvalue weighted by molar-refractivity contribution is 5.96. The molecule has 16 nitrogen and oxygen atoms in total. The fraction of sp³-hybridized carbons (Fsp3) is 0.409. The van der Waals surface area contributed by atoms with E-state index in [1.165, 1.54) is 0 Å². The van der Waals surface area contributed by atoms with Crippen LogP contribution < -0.4 is 31.5 Å². The zero-order chi connectivity index (χ0) is 41.8. The van der Waals surface area contributed by atoms with Gasteiger partial charge in [-0.1, -0.05) is 67.6 Å². The first kappa shape index (κ1) is 40.7. The summed E-state index contributed by atoms with van der Waals surface area (Å²) in [6.45, 7) is 5.03. The molecule has 60 heavy (non-hydrogen) atoms. The van der Waals surface area contributed by atoms with Crippen LogP contribution in [-0.2, 0) is 4.79 Å². The standard InChI is InChI=1S/C44H53N11O5/c1-3-36(56)50-34-22-35(39(58)38(34)57)55-26-46-37-40(45-23-33(27-10-6-4-7-11-27)28-12-8-5-9-13-28)51-43(52-41(37)55)54-21-19-32(25-54)49-44(60)48-30-16-14-29(15-17-30)42(59)47-31-18-20-53(2)24-31/h4-17,26,31-35,38-39,57-58H,3,18-25H2,1-2H3,(H,47,59)(H,50,56)(H,45,51,52)(H2,48,49,60)/t31?,32-,34?,35?,38-,39+/m1/s1. The van der Waals surface area contributed by atoms with Crippen molar-refractivity contribution in [2.75, 3.05) is 55.3 Å². The Bertz CT molecular complexity index is 2240. The first-order valence-corrected chi connectivity index (χ1v) is 20.8. The second kappa shape index (κ2) is 18.0. The smallest absolute Gasteiger partial charge is 0.319 e. The van der Waals surface area contributed by atoms with Crippen molar-refractivity contribution in [3.05, 3.63) is 108 Å². The number of carbonyl (C=O) groups is 3. The van der Waals surface area contributed by atoms with Crippen LogP contribution in [-0.4, -0.2) is 123 Å². The Kier molecular flexibility index (Phi) is 12.2. The van der Waals surface area contributed by atoms with E-state index in [9.17, 15) is 24.6 Å². The lowest BCUT2D eigenvalue weighted by Gasteiger charge is -2.22. The highest BCUT2D eigenvalue weighted by Gasteiger charge is 2.44. The van der Waals surface area contributed by atoms with E-state index < -0.39 is 24.3 Å². The maximum Gasteiger partial charge on any atom is 0.319 e. The second-order valence-corrected chi connectivity index (χ2v) is 16.1. The highest BCUT2D eigenvalue weighted by atomic mass is 16.3. The van der Waals surface area contributed by atoms with E-state index in [4.69, 9.17) is 15.0 Å². The maximum absolute atomic E-state index is 13.2. The summed E-state index contributed by atoms with van der Waals surface area (Å²) >= 11 is 0. The van der Waals surface area contributed by atoms with Gasteiger partial charge in [-0.25, -0.2) is 9.78 Å². The lowest BCUT2D eigenvalue weighted by atomic mass is 9.91. The topological polar surface area (TPSA) is 202 Å². The van der Waals surface area contributed by atoms with Gasteiger partial charge in [0.1, 0.15) is 12.2 Å². The van der Waals surface area contributed by atoms with Crippen molar-refractivity contribution in [2.45, 2.75) is 74.9 Å². The van der Waals surface area contributed by atoms with Gasteiger partial charge < -0.3 is 51.2 Å². The van der Waals surface area contributed by atoms with Crippen LogP contribution in [0.25, 0.3) is 11.2 Å². The number of aromatic nitrogens is 4. The molecule has 8 rings (SSSR count). The molecule has 4 heterocycles. The molecule has 3 unspecified atom stereocenters. The zero-order valence-corrected chi connectivity index (χ0v) is 33.9. The van der Waals surface area contributed by atoms with E-state index in [1.807, 2.05) is 48.3 Å². The largest absolute Gasteiger partial charge is 0.388 e. The van der Waals surface area contributed by atoms with Gasteiger partial charge in [0.25, 0.3) is 5.91 Å². The molecule has 314 valence electrons. The molecule has 3 aromatic carbocycles. The molecular weight excluding hydrogens is 763 g/mol. The fourth-order valence-electron chi connectivity index (χ4n) is 8.58. The summed E-state index contributed by atoms with van der Waals surface area (Å²) in [6, 6.07) is 25.7. The molecule has 6 atom stereocenters. The minimum Gasteiger partial charge on any atom is -0.388 e. The molecule has 2 saturated heterocycles. The average molecular weight is 816 g/mol. The summed E-state index contributed by atoms with van der Waals surface area (Å²) in [5.41, 5.74) is 4.35. The van der Waals surface area contributed by atoms with Gasteiger partial charge in [-0.05, 0) is 68.2 Å². The summed E-state index contributed by atoms with van der Waals surface area (Å²) in [5, 5.41) is 37.7. The summed E-state index contributed by atoms with van der Waals surface area (Å²) < 4.78 is 1.77. The maximum atomic E-state index is 13.2. The first-order valence-electron chi connectivity index (χ1n) is 20.8. The van der Waals surface area contributed by atoms with Crippen molar-refractivity contribution < 1.29 is 24.6 Å². The van der Waals surface area contributed by atoms with Crippen LogP contribution in [0, 0.1) is 0 Å². The Labute approximate surface area is 348 Å². The number of nitrogens with zero attached hydrogens (tertiary/aromatic N) is 6. The molecule has 4 amide bonds. The predicted octanol–water partition coefficient (Wildman–Crippen LogP) is 3.47. The third-order valence-electron chi connectivity index (χ3n) is 11.9. The molecule has 2 aliphatic heterocycles. The highest BCUT2D eigenvalue weighted by Crippen LogP contribution is 2.35. The molecule has 1 saturated carbocycles. The fourth-order valence-corrected chi connectivity index (χ4v) is 8.58. The number of hydrogen-bond acceptors (Lipinski definition) is 11. The molecule has 5 aromatic rings. The van der Waals surface area contributed by atoms with E-state index in [1.54, 1.807) is 42.1 Å². The Hall–Kier alpha value is -6.10. The van der Waals surface area contributed by atoms with Crippen LogP contribution in [0.5, 0.6) is 0 Å². The molecule has 0 spiro atoms. The molecular formula is C44H53N11O5. The number of hydrogen-bond donors (Lipinski definition) is 7.